The van der Waals surface area contributed by atoms with Gasteiger partial charge in [0.25, 0.3) is 13.4 Å². The number of hydrogen-bond donors (Lipinski definition) is 0. The smallest absolute Gasteiger partial charge is 0.252 e. The molecule has 7 heteroatoms. The highest BCUT2D eigenvalue weighted by molar-refractivity contribution is 7.99. The Hall–Kier alpha value is -7.34. The van der Waals surface area contributed by atoms with Crippen molar-refractivity contribution in [1.29, 1.82) is 0 Å². The van der Waals surface area contributed by atoms with Crippen molar-refractivity contribution in [3.8, 4) is 0 Å². The molecule has 0 saturated heterocycles. The van der Waals surface area contributed by atoms with Gasteiger partial charge in [-0.05, 0) is 140 Å². The lowest BCUT2D eigenvalue weighted by Crippen LogP contribution is -2.68. The summed E-state index contributed by atoms with van der Waals surface area (Å²) in [6.45, 7) is 14.2. The molecule has 5 aliphatic heterocycles. The maximum atomic E-state index is 2.66. The molecule has 0 spiro atoms. The Morgan fingerprint density at radius 3 is 1.30 bits per heavy atom. The van der Waals surface area contributed by atoms with Crippen molar-refractivity contribution < 1.29 is 0 Å². The van der Waals surface area contributed by atoms with E-state index in [1.165, 1.54) is 116 Å². The molecule has 5 heterocycles. The number of benzene rings is 9. The van der Waals surface area contributed by atoms with Gasteiger partial charge in [-0.25, -0.2) is 0 Å². The SMILES string of the molecule is CC(C)c1cc(C(C)C)c(N2c3ccccc3Sc3cc4c(cc32)B2c3ccccc3N3c5ccccc5B5c6ccccc6N(c6ccccc6)c6cc(c2c3c65)N4c2ccccc2)c(C(C)C)c1. The molecule has 9 aromatic rings. The third kappa shape index (κ3) is 5.82. The minimum absolute atomic E-state index is 0.0426. The van der Waals surface area contributed by atoms with Crippen LogP contribution in [0, 0.1) is 0 Å². The molecule has 0 radical (unpaired) electrons. The summed E-state index contributed by atoms with van der Waals surface area (Å²) >= 11 is 1.91. The van der Waals surface area contributed by atoms with Gasteiger partial charge in [-0.3, -0.25) is 0 Å². The van der Waals surface area contributed by atoms with E-state index in [-0.39, 0.29) is 13.4 Å². The highest BCUT2D eigenvalue weighted by atomic mass is 32.2. The Kier molecular flexibility index (Phi) is 9.26. The molecule has 4 nitrogen and oxygen atoms in total. The van der Waals surface area contributed by atoms with Crippen LogP contribution < -0.4 is 52.4 Å². The van der Waals surface area contributed by atoms with Crippen LogP contribution in [0.25, 0.3) is 0 Å². The summed E-state index contributed by atoms with van der Waals surface area (Å²) in [5.41, 5.74) is 27.1. The zero-order valence-electron chi connectivity index (χ0n) is 40.5. The first-order valence-corrected chi connectivity index (χ1v) is 26.0. The first-order valence-electron chi connectivity index (χ1n) is 25.2. The molecule has 9 aromatic carbocycles. The Morgan fingerprint density at radius 2 is 0.771 bits per heavy atom. The number of anilines is 12. The Bertz CT molecular complexity index is 3590. The molecule has 0 saturated carbocycles. The van der Waals surface area contributed by atoms with Gasteiger partial charge in [-0.15, -0.1) is 0 Å². The standard InChI is InChI=1S/C63H52B2N4S/c1-38(2)41-33-44(39(3)4)62(45(34-41)40(5)6)69-53-31-19-20-32-58(53)70-59-37-54-49(35-55(59)69)65-48-27-15-18-30-52(48)68-51-29-17-14-26-47(51)64-46-25-13-16-28-50(46)66(42-21-9-7-10-22-42)56-36-57(61(65)63(68)60(56)64)67(54)43-23-11-8-12-24-43/h7-40H,1-6H3. The van der Waals surface area contributed by atoms with E-state index in [1.54, 1.807) is 0 Å². The van der Waals surface area contributed by atoms with Gasteiger partial charge in [0.1, 0.15) is 0 Å². The van der Waals surface area contributed by atoms with Crippen LogP contribution in [0.3, 0.4) is 0 Å². The molecule has 0 fully saturated rings. The lowest BCUT2D eigenvalue weighted by atomic mass is 9.28. The zero-order chi connectivity index (χ0) is 47.1. The summed E-state index contributed by atoms with van der Waals surface area (Å²) in [6.07, 6.45) is 0. The van der Waals surface area contributed by atoms with Gasteiger partial charge in [-0.1, -0.05) is 169 Å². The summed E-state index contributed by atoms with van der Waals surface area (Å²) in [5.74, 6) is 1.07. The van der Waals surface area contributed by atoms with Crippen molar-refractivity contribution in [2.24, 2.45) is 0 Å². The number of para-hydroxylation sites is 6. The summed E-state index contributed by atoms with van der Waals surface area (Å²) in [7, 11) is 0. The van der Waals surface area contributed by atoms with Crippen molar-refractivity contribution in [2.45, 2.75) is 69.1 Å². The summed E-state index contributed by atoms with van der Waals surface area (Å²) in [5, 5.41) is 0. The fraction of sp³-hybridized carbons (Fsp3) is 0.143. The first-order chi connectivity index (χ1) is 34.3. The van der Waals surface area contributed by atoms with Gasteiger partial charge >= 0.3 is 0 Å². The molecule has 0 aromatic heterocycles. The molecule has 0 atom stereocenters. The molecule has 336 valence electrons. The highest BCUT2D eigenvalue weighted by Gasteiger charge is 2.52. The lowest BCUT2D eigenvalue weighted by Gasteiger charge is -2.51. The van der Waals surface area contributed by atoms with Crippen LogP contribution in [-0.2, 0) is 0 Å². The molecular weight excluding hydrogens is 866 g/mol. The first kappa shape index (κ1) is 41.6. The predicted molar refractivity (Wildman–Crippen MR) is 301 cm³/mol. The minimum Gasteiger partial charge on any atom is -0.312 e. The van der Waals surface area contributed by atoms with Gasteiger partial charge < -0.3 is 19.6 Å². The molecule has 0 bridgehead atoms. The molecule has 0 N–H and O–H groups in total. The number of fused-ring (bicyclic) bond motifs is 12. The average molecular weight is 919 g/mol. The van der Waals surface area contributed by atoms with Gasteiger partial charge in [-0.2, -0.15) is 0 Å². The van der Waals surface area contributed by atoms with E-state index < -0.39 is 0 Å². The molecule has 0 unspecified atom stereocenters. The van der Waals surface area contributed by atoms with Crippen LogP contribution in [-0.4, -0.2) is 13.4 Å². The summed E-state index contributed by atoms with van der Waals surface area (Å²) < 4.78 is 0. The van der Waals surface area contributed by atoms with E-state index in [1.807, 2.05) is 11.8 Å². The minimum atomic E-state index is -0.0438. The summed E-state index contributed by atoms with van der Waals surface area (Å²) in [4.78, 5) is 13.0. The van der Waals surface area contributed by atoms with E-state index in [0.717, 1.165) is 11.4 Å². The van der Waals surface area contributed by atoms with E-state index >= 15 is 0 Å². The van der Waals surface area contributed by atoms with E-state index in [4.69, 9.17) is 0 Å². The molecule has 0 aliphatic carbocycles. The van der Waals surface area contributed by atoms with Crippen molar-refractivity contribution in [1.82, 2.24) is 0 Å². The van der Waals surface area contributed by atoms with Crippen LogP contribution in [0.4, 0.5) is 68.2 Å². The van der Waals surface area contributed by atoms with Gasteiger partial charge in [0.05, 0.1) is 17.1 Å². The second-order valence-corrected chi connectivity index (χ2v) is 21.7. The van der Waals surface area contributed by atoms with E-state index in [2.05, 4.69) is 249 Å². The zero-order valence-corrected chi connectivity index (χ0v) is 41.3. The molecule has 14 rings (SSSR count). The third-order valence-corrected chi connectivity index (χ3v) is 16.8. The van der Waals surface area contributed by atoms with Crippen LogP contribution in [0.15, 0.2) is 198 Å². The van der Waals surface area contributed by atoms with Gasteiger partial charge in [0.15, 0.2) is 0 Å². The van der Waals surface area contributed by atoms with Crippen LogP contribution >= 0.6 is 11.8 Å². The van der Waals surface area contributed by atoms with E-state index in [9.17, 15) is 0 Å². The van der Waals surface area contributed by atoms with E-state index in [0.29, 0.717) is 17.8 Å². The van der Waals surface area contributed by atoms with Crippen molar-refractivity contribution in [3.63, 3.8) is 0 Å². The third-order valence-electron chi connectivity index (χ3n) is 15.7. The largest absolute Gasteiger partial charge is 0.312 e. The Balaban J connectivity index is 1.12. The van der Waals surface area contributed by atoms with Gasteiger partial charge in [0.2, 0.25) is 0 Å². The van der Waals surface area contributed by atoms with Crippen LogP contribution in [0.5, 0.6) is 0 Å². The lowest BCUT2D eigenvalue weighted by molar-refractivity contribution is 0.801. The Labute approximate surface area is 417 Å². The van der Waals surface area contributed by atoms with Crippen LogP contribution in [0.2, 0.25) is 0 Å². The maximum Gasteiger partial charge on any atom is 0.252 e. The average Bonchev–Trinajstić information content (AvgIpc) is 3.39. The maximum absolute atomic E-state index is 2.66. The topological polar surface area (TPSA) is 13.0 Å². The van der Waals surface area contributed by atoms with Crippen molar-refractivity contribution >= 4 is 126 Å². The summed E-state index contributed by atoms with van der Waals surface area (Å²) in [6, 6.07) is 71.6. The molecule has 5 aliphatic rings. The fourth-order valence-electron chi connectivity index (χ4n) is 12.6. The monoisotopic (exact) mass is 918 g/mol. The number of hydrogen-bond acceptors (Lipinski definition) is 5. The quantitative estimate of drug-likeness (QED) is 0.154. The molecule has 70 heavy (non-hydrogen) atoms. The number of rotatable bonds is 6. The van der Waals surface area contributed by atoms with Crippen LogP contribution in [0.1, 0.15) is 76.0 Å². The normalized spacial score (nSPS) is 14.3. The second-order valence-electron chi connectivity index (χ2n) is 20.6. The number of nitrogens with zero attached hydrogens (tertiary/aromatic N) is 4. The molecular formula is C63H52B2N4S. The predicted octanol–water partition coefficient (Wildman–Crippen LogP) is 13.7. The van der Waals surface area contributed by atoms with Crippen molar-refractivity contribution in [3.05, 3.63) is 205 Å². The fourth-order valence-corrected chi connectivity index (χ4v) is 13.7. The molecule has 0 amide bonds. The van der Waals surface area contributed by atoms with Crippen molar-refractivity contribution in [2.75, 3.05) is 19.6 Å². The van der Waals surface area contributed by atoms with Gasteiger partial charge in [0, 0.05) is 61.0 Å². The second kappa shape index (κ2) is 15.6. The Morgan fingerprint density at radius 1 is 0.329 bits per heavy atom. The highest BCUT2D eigenvalue weighted by Crippen LogP contribution is 2.57.